The standard InChI is InChI=1S/C12H8Cl2N2OS/c13-9-4-1-3-8(11(9)14)7-15-16-12(17)10-5-2-6-18-10/h1-7H,(H,16,17)/b15-7+. The predicted molar refractivity (Wildman–Crippen MR) is 75.8 cm³/mol. The maximum atomic E-state index is 11.6. The number of hydrazone groups is 1. The molecule has 1 N–H and O–H groups in total. The normalized spacial score (nSPS) is 10.8. The lowest BCUT2D eigenvalue weighted by atomic mass is 10.2. The highest BCUT2D eigenvalue weighted by atomic mass is 35.5. The second-order valence-corrected chi connectivity index (χ2v) is 5.05. The van der Waals surface area contributed by atoms with Crippen molar-refractivity contribution >= 4 is 46.7 Å². The molecule has 1 heterocycles. The SMILES string of the molecule is O=C(N/N=C/c1cccc(Cl)c1Cl)c1cccs1. The minimum Gasteiger partial charge on any atom is -0.266 e. The highest BCUT2D eigenvalue weighted by Crippen LogP contribution is 2.24. The fourth-order valence-electron chi connectivity index (χ4n) is 1.24. The van der Waals surface area contributed by atoms with E-state index in [4.69, 9.17) is 23.2 Å². The molecule has 0 spiro atoms. The number of nitrogens with zero attached hydrogens (tertiary/aromatic N) is 1. The average molecular weight is 299 g/mol. The molecule has 0 saturated carbocycles. The zero-order chi connectivity index (χ0) is 13.0. The molecule has 92 valence electrons. The van der Waals surface area contributed by atoms with E-state index in [9.17, 15) is 4.79 Å². The Morgan fingerprint density at radius 1 is 1.28 bits per heavy atom. The highest BCUT2D eigenvalue weighted by molar-refractivity contribution is 7.12. The second kappa shape index (κ2) is 6.00. The Kier molecular flexibility index (Phi) is 4.36. The fourth-order valence-corrected chi connectivity index (χ4v) is 2.21. The van der Waals surface area contributed by atoms with Crippen molar-refractivity contribution in [1.82, 2.24) is 5.43 Å². The molecule has 0 radical (unpaired) electrons. The van der Waals surface area contributed by atoms with Gasteiger partial charge in [0.25, 0.3) is 5.91 Å². The lowest BCUT2D eigenvalue weighted by Crippen LogP contribution is -2.16. The zero-order valence-electron chi connectivity index (χ0n) is 9.06. The molecule has 2 aromatic rings. The molecule has 2 rings (SSSR count). The number of hydrogen-bond donors (Lipinski definition) is 1. The molecule has 0 bridgehead atoms. The number of rotatable bonds is 3. The molecular weight excluding hydrogens is 291 g/mol. The molecule has 0 aliphatic carbocycles. The summed E-state index contributed by atoms with van der Waals surface area (Å²) in [6.45, 7) is 0. The zero-order valence-corrected chi connectivity index (χ0v) is 11.4. The summed E-state index contributed by atoms with van der Waals surface area (Å²) in [5.74, 6) is -0.251. The van der Waals surface area contributed by atoms with Crippen LogP contribution in [-0.4, -0.2) is 12.1 Å². The number of amides is 1. The quantitative estimate of drug-likeness (QED) is 0.679. The van der Waals surface area contributed by atoms with Crippen LogP contribution in [0.5, 0.6) is 0 Å². The predicted octanol–water partition coefficient (Wildman–Crippen LogP) is 3.82. The van der Waals surface area contributed by atoms with Crippen molar-refractivity contribution in [2.45, 2.75) is 0 Å². The van der Waals surface area contributed by atoms with Crippen molar-refractivity contribution in [3.63, 3.8) is 0 Å². The summed E-state index contributed by atoms with van der Waals surface area (Å²) < 4.78 is 0. The molecule has 0 unspecified atom stereocenters. The highest BCUT2D eigenvalue weighted by Gasteiger charge is 2.04. The summed E-state index contributed by atoms with van der Waals surface area (Å²) >= 11 is 13.2. The van der Waals surface area contributed by atoms with E-state index in [1.54, 1.807) is 30.3 Å². The van der Waals surface area contributed by atoms with Crippen molar-refractivity contribution in [3.05, 3.63) is 56.2 Å². The minimum absolute atomic E-state index is 0.251. The summed E-state index contributed by atoms with van der Waals surface area (Å²) in [6.07, 6.45) is 1.46. The van der Waals surface area contributed by atoms with Gasteiger partial charge in [0.05, 0.1) is 21.1 Å². The van der Waals surface area contributed by atoms with Gasteiger partial charge in [-0.1, -0.05) is 41.4 Å². The van der Waals surface area contributed by atoms with E-state index >= 15 is 0 Å². The number of hydrogen-bond acceptors (Lipinski definition) is 3. The Balaban J connectivity index is 2.04. The van der Waals surface area contributed by atoms with Crippen LogP contribution in [0.3, 0.4) is 0 Å². The second-order valence-electron chi connectivity index (χ2n) is 3.32. The summed E-state index contributed by atoms with van der Waals surface area (Å²) in [7, 11) is 0. The maximum absolute atomic E-state index is 11.6. The summed E-state index contributed by atoms with van der Waals surface area (Å²) in [5.41, 5.74) is 3.07. The van der Waals surface area contributed by atoms with Crippen molar-refractivity contribution in [2.75, 3.05) is 0 Å². The first-order chi connectivity index (χ1) is 8.68. The molecule has 0 aliphatic rings. The van der Waals surface area contributed by atoms with Gasteiger partial charge in [-0.15, -0.1) is 11.3 Å². The molecular formula is C12H8Cl2N2OS. The Bertz CT molecular complexity index is 582. The van der Waals surface area contributed by atoms with Gasteiger partial charge in [-0.3, -0.25) is 4.79 Å². The van der Waals surface area contributed by atoms with E-state index in [0.717, 1.165) is 0 Å². The van der Waals surface area contributed by atoms with Crippen LogP contribution < -0.4 is 5.43 Å². The molecule has 6 heteroatoms. The van der Waals surface area contributed by atoms with Gasteiger partial charge >= 0.3 is 0 Å². The number of thiophene rings is 1. The Morgan fingerprint density at radius 2 is 2.11 bits per heavy atom. The lowest BCUT2D eigenvalue weighted by molar-refractivity contribution is 0.0959. The van der Waals surface area contributed by atoms with Crippen LogP contribution in [0.4, 0.5) is 0 Å². The van der Waals surface area contributed by atoms with E-state index < -0.39 is 0 Å². The van der Waals surface area contributed by atoms with E-state index in [0.29, 0.717) is 20.5 Å². The van der Waals surface area contributed by atoms with Crippen LogP contribution in [0, 0.1) is 0 Å². The number of nitrogens with one attached hydrogen (secondary N) is 1. The smallest absolute Gasteiger partial charge is 0.266 e. The van der Waals surface area contributed by atoms with Crippen molar-refractivity contribution in [3.8, 4) is 0 Å². The molecule has 0 aliphatic heterocycles. The van der Waals surface area contributed by atoms with Crippen LogP contribution in [0.15, 0.2) is 40.8 Å². The van der Waals surface area contributed by atoms with Crippen LogP contribution in [0.25, 0.3) is 0 Å². The Morgan fingerprint density at radius 3 is 2.83 bits per heavy atom. The first-order valence-corrected chi connectivity index (χ1v) is 6.63. The van der Waals surface area contributed by atoms with E-state index in [1.807, 2.05) is 5.38 Å². The summed E-state index contributed by atoms with van der Waals surface area (Å²) in [4.78, 5) is 12.2. The average Bonchev–Trinajstić information content (AvgIpc) is 2.88. The number of carbonyl (C=O) groups is 1. The molecule has 0 fully saturated rings. The van der Waals surface area contributed by atoms with Crippen LogP contribution >= 0.6 is 34.5 Å². The van der Waals surface area contributed by atoms with Gasteiger partial charge in [-0.2, -0.15) is 5.10 Å². The first kappa shape index (κ1) is 13.1. The van der Waals surface area contributed by atoms with E-state index in [2.05, 4.69) is 10.5 Å². The van der Waals surface area contributed by atoms with Gasteiger partial charge in [0.1, 0.15) is 0 Å². The lowest BCUT2D eigenvalue weighted by Gasteiger charge is -1.99. The van der Waals surface area contributed by atoms with Crippen molar-refractivity contribution in [1.29, 1.82) is 0 Å². The van der Waals surface area contributed by atoms with Gasteiger partial charge in [-0.25, -0.2) is 5.43 Å². The van der Waals surface area contributed by atoms with Gasteiger partial charge in [0.15, 0.2) is 0 Å². The third kappa shape index (κ3) is 3.10. The van der Waals surface area contributed by atoms with Crippen molar-refractivity contribution in [2.24, 2.45) is 5.10 Å². The Labute approximate surface area is 118 Å². The maximum Gasteiger partial charge on any atom is 0.281 e. The van der Waals surface area contributed by atoms with Crippen LogP contribution in [-0.2, 0) is 0 Å². The molecule has 18 heavy (non-hydrogen) atoms. The molecule has 0 saturated heterocycles. The minimum atomic E-state index is -0.251. The Hall–Kier alpha value is -1.36. The largest absolute Gasteiger partial charge is 0.281 e. The van der Waals surface area contributed by atoms with Gasteiger partial charge in [0.2, 0.25) is 0 Å². The summed E-state index contributed by atoms with van der Waals surface area (Å²) in [5, 5.41) is 6.52. The van der Waals surface area contributed by atoms with Crippen LogP contribution in [0.2, 0.25) is 10.0 Å². The van der Waals surface area contributed by atoms with E-state index in [1.165, 1.54) is 17.6 Å². The molecule has 0 atom stereocenters. The first-order valence-electron chi connectivity index (χ1n) is 4.99. The monoisotopic (exact) mass is 298 g/mol. The number of halogens is 2. The number of carbonyl (C=O) groups excluding carboxylic acids is 1. The summed E-state index contributed by atoms with van der Waals surface area (Å²) in [6, 6.07) is 8.73. The van der Waals surface area contributed by atoms with Gasteiger partial charge in [0, 0.05) is 5.56 Å². The molecule has 1 amide bonds. The topological polar surface area (TPSA) is 41.5 Å². The molecule has 1 aromatic carbocycles. The third-order valence-corrected chi connectivity index (χ3v) is 3.80. The van der Waals surface area contributed by atoms with Gasteiger partial charge < -0.3 is 0 Å². The third-order valence-electron chi connectivity index (χ3n) is 2.10. The van der Waals surface area contributed by atoms with Crippen molar-refractivity contribution < 1.29 is 4.79 Å². The molecule has 3 nitrogen and oxygen atoms in total. The number of benzene rings is 1. The fraction of sp³-hybridized carbons (Fsp3) is 0. The van der Waals surface area contributed by atoms with E-state index in [-0.39, 0.29) is 5.91 Å². The molecule has 1 aromatic heterocycles. The van der Waals surface area contributed by atoms with Gasteiger partial charge in [-0.05, 0) is 17.5 Å². The van der Waals surface area contributed by atoms with Crippen LogP contribution in [0.1, 0.15) is 15.2 Å².